The summed E-state index contributed by atoms with van der Waals surface area (Å²) < 4.78 is 5.50. The van der Waals surface area contributed by atoms with E-state index < -0.39 is 0 Å². The normalized spacial score (nSPS) is 19.4. The van der Waals surface area contributed by atoms with Crippen molar-refractivity contribution in [1.29, 1.82) is 0 Å². The first-order valence-corrected chi connectivity index (χ1v) is 6.08. The SMILES string of the molecule is NCCOc1cccc(C2CC=CS2)c1. The molecule has 0 saturated heterocycles. The van der Waals surface area contributed by atoms with Crippen LogP contribution < -0.4 is 10.5 Å². The van der Waals surface area contributed by atoms with E-state index in [0.717, 1.165) is 12.2 Å². The number of nitrogens with two attached hydrogens (primary N) is 1. The maximum absolute atomic E-state index is 5.50. The summed E-state index contributed by atoms with van der Waals surface area (Å²) in [6.07, 6.45) is 3.33. The fourth-order valence-corrected chi connectivity index (χ4v) is 2.52. The lowest BCUT2D eigenvalue weighted by molar-refractivity contribution is 0.328. The Bertz CT molecular complexity index is 343. The van der Waals surface area contributed by atoms with E-state index in [0.29, 0.717) is 18.4 Å². The summed E-state index contributed by atoms with van der Waals surface area (Å²) >= 11 is 1.87. The first-order chi connectivity index (χ1) is 7.40. The molecular formula is C12H15NOS. The van der Waals surface area contributed by atoms with Crippen molar-refractivity contribution in [3.63, 3.8) is 0 Å². The van der Waals surface area contributed by atoms with Gasteiger partial charge in [0.25, 0.3) is 0 Å². The number of rotatable bonds is 4. The summed E-state index contributed by atoms with van der Waals surface area (Å²) in [6.45, 7) is 1.14. The second kappa shape index (κ2) is 5.24. The molecule has 1 atom stereocenters. The van der Waals surface area contributed by atoms with Crippen LogP contribution in [0.2, 0.25) is 0 Å². The molecule has 2 N–H and O–H groups in total. The Morgan fingerprint density at radius 2 is 2.40 bits per heavy atom. The molecule has 1 aliphatic rings. The van der Waals surface area contributed by atoms with Crippen LogP contribution in [-0.2, 0) is 0 Å². The molecule has 0 aromatic heterocycles. The van der Waals surface area contributed by atoms with Crippen molar-refractivity contribution in [2.45, 2.75) is 11.7 Å². The summed E-state index contributed by atoms with van der Waals surface area (Å²) in [5.41, 5.74) is 6.73. The van der Waals surface area contributed by atoms with E-state index in [2.05, 4.69) is 23.6 Å². The van der Waals surface area contributed by atoms with Gasteiger partial charge in [0.15, 0.2) is 0 Å². The molecule has 3 heteroatoms. The Kier molecular flexibility index (Phi) is 3.69. The van der Waals surface area contributed by atoms with Crippen LogP contribution >= 0.6 is 11.8 Å². The molecule has 0 fully saturated rings. The topological polar surface area (TPSA) is 35.2 Å². The minimum atomic E-state index is 0.559. The van der Waals surface area contributed by atoms with Gasteiger partial charge < -0.3 is 10.5 Å². The molecule has 1 aromatic carbocycles. The molecule has 1 aromatic rings. The van der Waals surface area contributed by atoms with Gasteiger partial charge in [-0.05, 0) is 29.5 Å². The highest BCUT2D eigenvalue weighted by atomic mass is 32.2. The molecule has 0 radical (unpaired) electrons. The van der Waals surface area contributed by atoms with E-state index in [9.17, 15) is 0 Å². The Morgan fingerprint density at radius 3 is 3.13 bits per heavy atom. The van der Waals surface area contributed by atoms with E-state index in [-0.39, 0.29) is 0 Å². The monoisotopic (exact) mass is 221 g/mol. The van der Waals surface area contributed by atoms with Crippen molar-refractivity contribution in [3.05, 3.63) is 41.3 Å². The summed E-state index contributed by atoms with van der Waals surface area (Å²) in [6, 6.07) is 8.28. The Hall–Kier alpha value is -0.930. The second-order valence-electron chi connectivity index (χ2n) is 3.44. The number of hydrogen-bond donors (Lipinski definition) is 1. The van der Waals surface area contributed by atoms with Gasteiger partial charge in [0.2, 0.25) is 0 Å². The van der Waals surface area contributed by atoms with Crippen LogP contribution in [0.1, 0.15) is 17.2 Å². The van der Waals surface area contributed by atoms with Crippen molar-refractivity contribution in [3.8, 4) is 5.75 Å². The smallest absolute Gasteiger partial charge is 0.119 e. The van der Waals surface area contributed by atoms with Gasteiger partial charge in [-0.25, -0.2) is 0 Å². The first-order valence-electron chi connectivity index (χ1n) is 5.13. The quantitative estimate of drug-likeness (QED) is 0.849. The molecule has 0 spiro atoms. The molecule has 15 heavy (non-hydrogen) atoms. The lowest BCUT2D eigenvalue weighted by atomic mass is 10.1. The van der Waals surface area contributed by atoms with E-state index >= 15 is 0 Å². The van der Waals surface area contributed by atoms with Gasteiger partial charge >= 0.3 is 0 Å². The van der Waals surface area contributed by atoms with Gasteiger partial charge in [-0.1, -0.05) is 18.2 Å². The van der Waals surface area contributed by atoms with Crippen LogP contribution in [0.4, 0.5) is 0 Å². The third-order valence-electron chi connectivity index (χ3n) is 2.31. The minimum absolute atomic E-state index is 0.559. The zero-order valence-corrected chi connectivity index (χ0v) is 9.37. The molecule has 2 rings (SSSR count). The van der Waals surface area contributed by atoms with E-state index in [4.69, 9.17) is 10.5 Å². The standard InChI is InChI=1S/C12H15NOS/c13-6-7-14-11-4-1-3-10(9-11)12-5-2-8-15-12/h1-4,8-9,12H,5-7,13H2. The highest BCUT2D eigenvalue weighted by molar-refractivity contribution is 8.02. The zero-order chi connectivity index (χ0) is 10.5. The fraction of sp³-hybridized carbons (Fsp3) is 0.333. The predicted molar refractivity (Wildman–Crippen MR) is 65.1 cm³/mol. The number of benzene rings is 1. The van der Waals surface area contributed by atoms with Crippen LogP contribution in [0.3, 0.4) is 0 Å². The fourth-order valence-electron chi connectivity index (χ4n) is 1.58. The third-order valence-corrected chi connectivity index (χ3v) is 3.45. The van der Waals surface area contributed by atoms with Gasteiger partial charge in [-0.15, -0.1) is 11.8 Å². The minimum Gasteiger partial charge on any atom is -0.492 e. The summed E-state index contributed by atoms with van der Waals surface area (Å²) in [7, 11) is 0. The van der Waals surface area contributed by atoms with Crippen molar-refractivity contribution < 1.29 is 4.74 Å². The summed E-state index contributed by atoms with van der Waals surface area (Å²) in [5.74, 6) is 0.922. The van der Waals surface area contributed by atoms with E-state index in [1.54, 1.807) is 0 Å². The summed E-state index contributed by atoms with van der Waals surface area (Å²) in [5, 5.41) is 2.73. The predicted octanol–water partition coefficient (Wildman–Crippen LogP) is 2.72. The molecule has 1 aliphatic heterocycles. The average molecular weight is 221 g/mol. The van der Waals surface area contributed by atoms with Gasteiger partial charge in [-0.3, -0.25) is 0 Å². The Morgan fingerprint density at radius 1 is 1.47 bits per heavy atom. The lowest BCUT2D eigenvalue weighted by Crippen LogP contribution is -2.10. The zero-order valence-electron chi connectivity index (χ0n) is 8.56. The van der Waals surface area contributed by atoms with E-state index in [1.807, 2.05) is 23.9 Å². The maximum atomic E-state index is 5.50. The van der Waals surface area contributed by atoms with E-state index in [1.165, 1.54) is 5.56 Å². The van der Waals surface area contributed by atoms with Crippen LogP contribution in [0.5, 0.6) is 5.75 Å². The van der Waals surface area contributed by atoms with Crippen molar-refractivity contribution in [2.75, 3.05) is 13.2 Å². The molecule has 80 valence electrons. The molecular weight excluding hydrogens is 206 g/mol. The van der Waals surface area contributed by atoms with Crippen LogP contribution in [0.25, 0.3) is 0 Å². The molecule has 0 amide bonds. The van der Waals surface area contributed by atoms with Gasteiger partial charge in [0.1, 0.15) is 12.4 Å². The van der Waals surface area contributed by atoms with Gasteiger partial charge in [0, 0.05) is 11.8 Å². The number of hydrogen-bond acceptors (Lipinski definition) is 3. The Balaban J connectivity index is 2.04. The average Bonchev–Trinajstić information content (AvgIpc) is 2.80. The van der Waals surface area contributed by atoms with Crippen LogP contribution in [0.15, 0.2) is 35.7 Å². The first kappa shape index (κ1) is 10.6. The third kappa shape index (κ3) is 2.76. The second-order valence-corrected chi connectivity index (χ2v) is 4.56. The van der Waals surface area contributed by atoms with Crippen LogP contribution in [0, 0.1) is 0 Å². The van der Waals surface area contributed by atoms with Gasteiger partial charge in [-0.2, -0.15) is 0 Å². The van der Waals surface area contributed by atoms with Crippen LogP contribution in [-0.4, -0.2) is 13.2 Å². The molecule has 0 aliphatic carbocycles. The molecule has 1 heterocycles. The number of thioether (sulfide) groups is 1. The maximum Gasteiger partial charge on any atom is 0.119 e. The van der Waals surface area contributed by atoms with Crippen molar-refractivity contribution in [1.82, 2.24) is 0 Å². The lowest BCUT2D eigenvalue weighted by Gasteiger charge is -2.11. The molecule has 0 saturated carbocycles. The van der Waals surface area contributed by atoms with Crippen molar-refractivity contribution in [2.24, 2.45) is 5.73 Å². The van der Waals surface area contributed by atoms with Gasteiger partial charge in [0.05, 0.1) is 0 Å². The van der Waals surface area contributed by atoms with Crippen molar-refractivity contribution >= 4 is 11.8 Å². The largest absolute Gasteiger partial charge is 0.492 e. The number of ether oxygens (including phenoxy) is 1. The molecule has 1 unspecified atom stereocenters. The summed E-state index contributed by atoms with van der Waals surface area (Å²) in [4.78, 5) is 0. The molecule has 2 nitrogen and oxygen atoms in total. The Labute approximate surface area is 94.5 Å². The molecule has 0 bridgehead atoms. The highest BCUT2D eigenvalue weighted by Gasteiger charge is 2.13. The highest BCUT2D eigenvalue weighted by Crippen LogP contribution is 2.39. The number of allylic oxidation sites excluding steroid dienone is 1.